The predicted molar refractivity (Wildman–Crippen MR) is 90.6 cm³/mol. The van der Waals surface area contributed by atoms with Gasteiger partial charge < -0.3 is 14.5 Å². The summed E-state index contributed by atoms with van der Waals surface area (Å²) in [5, 5.41) is 3.30. The van der Waals surface area contributed by atoms with Crippen LogP contribution in [0.1, 0.15) is 11.1 Å². The minimum absolute atomic E-state index is 0.00328. The van der Waals surface area contributed by atoms with Gasteiger partial charge in [0.1, 0.15) is 11.4 Å². The summed E-state index contributed by atoms with van der Waals surface area (Å²) in [7, 11) is 0. The van der Waals surface area contributed by atoms with Gasteiger partial charge in [-0.05, 0) is 36.8 Å². The summed E-state index contributed by atoms with van der Waals surface area (Å²) in [6.45, 7) is 1.51. The van der Waals surface area contributed by atoms with Gasteiger partial charge in [0.2, 0.25) is 0 Å². The number of furan rings is 1. The highest BCUT2D eigenvalue weighted by Gasteiger charge is 2.13. The average molecular weight is 341 g/mol. The summed E-state index contributed by atoms with van der Waals surface area (Å²) >= 11 is 0. The molecule has 0 saturated carbocycles. The van der Waals surface area contributed by atoms with Gasteiger partial charge in [0, 0.05) is 16.6 Å². The van der Waals surface area contributed by atoms with Crippen LogP contribution in [0.3, 0.4) is 0 Å². The molecule has 0 aliphatic rings. The Labute approximate surface area is 143 Å². The molecule has 2 aromatic carbocycles. The smallest absolute Gasteiger partial charge is 0.310 e. The van der Waals surface area contributed by atoms with Gasteiger partial charge in [-0.2, -0.15) is 0 Å². The minimum Gasteiger partial charge on any atom is -0.464 e. The van der Waals surface area contributed by atoms with Crippen LogP contribution >= 0.6 is 0 Å². The summed E-state index contributed by atoms with van der Waals surface area (Å²) in [6.07, 6.45) is 1.52. The highest BCUT2D eigenvalue weighted by Crippen LogP contribution is 2.22. The van der Waals surface area contributed by atoms with Gasteiger partial charge in [-0.1, -0.05) is 18.2 Å². The van der Waals surface area contributed by atoms with Crippen molar-refractivity contribution in [1.82, 2.24) is 0 Å². The fourth-order valence-corrected chi connectivity index (χ4v) is 2.44. The van der Waals surface area contributed by atoms with Gasteiger partial charge in [0.05, 0.1) is 12.7 Å². The molecule has 0 unspecified atom stereocenters. The number of carbonyl (C=O) groups is 2. The molecule has 1 heterocycles. The Morgan fingerprint density at radius 2 is 2.04 bits per heavy atom. The van der Waals surface area contributed by atoms with E-state index in [0.29, 0.717) is 16.8 Å². The summed E-state index contributed by atoms with van der Waals surface area (Å²) < 4.78 is 23.4. The van der Waals surface area contributed by atoms with Crippen LogP contribution < -0.4 is 5.32 Å². The number of halogens is 1. The second-order valence-corrected chi connectivity index (χ2v) is 5.66. The fourth-order valence-electron chi connectivity index (χ4n) is 2.44. The van der Waals surface area contributed by atoms with Crippen molar-refractivity contribution in [2.45, 2.75) is 13.3 Å². The van der Waals surface area contributed by atoms with Crippen LogP contribution in [-0.2, 0) is 20.7 Å². The first-order valence-electron chi connectivity index (χ1n) is 7.69. The monoisotopic (exact) mass is 341 g/mol. The SMILES string of the molecule is Cc1ccc2c(CC(=O)OCC(=O)Nc3cccc(F)c3)coc2c1. The lowest BCUT2D eigenvalue weighted by molar-refractivity contribution is -0.146. The molecule has 1 amide bonds. The number of nitrogens with one attached hydrogen (secondary N) is 1. The van der Waals surface area contributed by atoms with Crippen molar-refractivity contribution in [3.63, 3.8) is 0 Å². The minimum atomic E-state index is -0.544. The van der Waals surface area contributed by atoms with Crippen molar-refractivity contribution in [3.05, 3.63) is 65.7 Å². The van der Waals surface area contributed by atoms with Crippen LogP contribution in [0, 0.1) is 12.7 Å². The zero-order chi connectivity index (χ0) is 17.8. The topological polar surface area (TPSA) is 68.5 Å². The lowest BCUT2D eigenvalue weighted by atomic mass is 10.1. The van der Waals surface area contributed by atoms with Gasteiger partial charge in [-0.3, -0.25) is 9.59 Å². The van der Waals surface area contributed by atoms with Crippen LogP contribution in [-0.4, -0.2) is 18.5 Å². The first-order valence-corrected chi connectivity index (χ1v) is 7.69. The van der Waals surface area contributed by atoms with Gasteiger partial charge >= 0.3 is 5.97 Å². The van der Waals surface area contributed by atoms with Crippen molar-refractivity contribution in [3.8, 4) is 0 Å². The number of aryl methyl sites for hydroxylation is 1. The third-order valence-corrected chi connectivity index (χ3v) is 3.62. The van der Waals surface area contributed by atoms with E-state index < -0.39 is 24.3 Å². The summed E-state index contributed by atoms with van der Waals surface area (Å²) in [4.78, 5) is 23.7. The van der Waals surface area contributed by atoms with E-state index in [9.17, 15) is 14.0 Å². The first-order chi connectivity index (χ1) is 12.0. The van der Waals surface area contributed by atoms with E-state index in [2.05, 4.69) is 5.32 Å². The van der Waals surface area contributed by atoms with Gasteiger partial charge in [-0.25, -0.2) is 4.39 Å². The molecular weight excluding hydrogens is 325 g/mol. The van der Waals surface area contributed by atoms with Crippen LogP contribution in [0.5, 0.6) is 0 Å². The molecule has 0 atom stereocenters. The Bertz CT molecular complexity index is 932. The highest BCUT2D eigenvalue weighted by atomic mass is 19.1. The van der Waals surface area contributed by atoms with Crippen LogP contribution in [0.2, 0.25) is 0 Å². The Hall–Kier alpha value is -3.15. The summed E-state index contributed by atoms with van der Waals surface area (Å²) in [6, 6.07) is 11.2. The molecule has 0 aliphatic heterocycles. The number of hydrogen-bond acceptors (Lipinski definition) is 4. The zero-order valence-corrected chi connectivity index (χ0v) is 13.5. The molecule has 1 N–H and O–H groups in total. The number of amides is 1. The molecule has 0 radical (unpaired) electrons. The van der Waals surface area contributed by atoms with Gasteiger partial charge in [0.15, 0.2) is 6.61 Å². The molecule has 0 aliphatic carbocycles. The average Bonchev–Trinajstić information content (AvgIpc) is 2.95. The number of anilines is 1. The first kappa shape index (κ1) is 16.7. The lowest BCUT2D eigenvalue weighted by Gasteiger charge is -2.06. The molecule has 128 valence electrons. The number of ether oxygens (including phenoxy) is 1. The summed E-state index contributed by atoms with van der Waals surface area (Å²) in [5.74, 6) is -1.54. The number of hydrogen-bond donors (Lipinski definition) is 1. The van der Waals surface area contributed by atoms with E-state index in [4.69, 9.17) is 9.15 Å². The largest absolute Gasteiger partial charge is 0.464 e. The van der Waals surface area contributed by atoms with Crippen molar-refractivity contribution >= 4 is 28.5 Å². The number of fused-ring (bicyclic) bond motifs is 1. The molecular formula is C19H16FNO4. The maximum Gasteiger partial charge on any atom is 0.310 e. The molecule has 0 bridgehead atoms. The van der Waals surface area contributed by atoms with Crippen molar-refractivity contribution < 1.29 is 23.1 Å². The van der Waals surface area contributed by atoms with E-state index in [-0.39, 0.29) is 6.42 Å². The van der Waals surface area contributed by atoms with Crippen LogP contribution in [0.4, 0.5) is 10.1 Å². The lowest BCUT2D eigenvalue weighted by Crippen LogP contribution is -2.21. The van der Waals surface area contributed by atoms with Crippen molar-refractivity contribution in [2.75, 3.05) is 11.9 Å². The molecule has 1 aromatic heterocycles. The maximum absolute atomic E-state index is 13.1. The molecule has 0 spiro atoms. The quantitative estimate of drug-likeness (QED) is 0.720. The van der Waals surface area contributed by atoms with Crippen molar-refractivity contribution in [1.29, 1.82) is 0 Å². The molecule has 3 rings (SSSR count). The third-order valence-electron chi connectivity index (χ3n) is 3.62. The fraction of sp³-hybridized carbons (Fsp3) is 0.158. The molecule has 3 aromatic rings. The number of benzene rings is 2. The Kier molecular flexibility index (Phi) is 4.79. The second-order valence-electron chi connectivity index (χ2n) is 5.66. The van der Waals surface area contributed by atoms with E-state index in [1.54, 1.807) is 6.07 Å². The van der Waals surface area contributed by atoms with E-state index in [1.807, 2.05) is 25.1 Å². The van der Waals surface area contributed by atoms with E-state index in [1.165, 1.54) is 24.5 Å². The number of esters is 1. The van der Waals surface area contributed by atoms with E-state index >= 15 is 0 Å². The highest BCUT2D eigenvalue weighted by molar-refractivity contribution is 5.93. The Balaban J connectivity index is 1.54. The summed E-state index contributed by atoms with van der Waals surface area (Å²) in [5.41, 5.74) is 2.76. The molecule has 6 heteroatoms. The van der Waals surface area contributed by atoms with Crippen LogP contribution in [0.15, 0.2) is 53.1 Å². The van der Waals surface area contributed by atoms with Gasteiger partial charge in [0.25, 0.3) is 5.91 Å². The van der Waals surface area contributed by atoms with Crippen LogP contribution in [0.25, 0.3) is 11.0 Å². The van der Waals surface area contributed by atoms with Crippen molar-refractivity contribution in [2.24, 2.45) is 0 Å². The second kappa shape index (κ2) is 7.17. The molecule has 0 saturated heterocycles. The zero-order valence-electron chi connectivity index (χ0n) is 13.5. The Morgan fingerprint density at radius 3 is 2.84 bits per heavy atom. The molecule has 25 heavy (non-hydrogen) atoms. The van der Waals surface area contributed by atoms with E-state index in [0.717, 1.165) is 10.9 Å². The van der Waals surface area contributed by atoms with Gasteiger partial charge in [-0.15, -0.1) is 0 Å². The normalized spacial score (nSPS) is 10.6. The number of carbonyl (C=O) groups excluding carboxylic acids is 2. The predicted octanol–water partition coefficient (Wildman–Crippen LogP) is 3.60. The molecule has 0 fully saturated rings. The number of rotatable bonds is 5. The third kappa shape index (κ3) is 4.23. The standard InChI is InChI=1S/C19H16FNO4/c1-12-5-6-16-13(10-24-17(16)7-12)8-19(23)25-11-18(22)21-15-4-2-3-14(20)9-15/h2-7,9-10H,8,11H2,1H3,(H,21,22). The molecule has 5 nitrogen and oxygen atoms in total. The maximum atomic E-state index is 13.1. The Morgan fingerprint density at radius 1 is 1.20 bits per heavy atom.